The van der Waals surface area contributed by atoms with E-state index < -0.39 is 0 Å². The maximum atomic E-state index is 12.3. The van der Waals surface area contributed by atoms with Crippen molar-refractivity contribution in [2.75, 3.05) is 11.5 Å². The van der Waals surface area contributed by atoms with Crippen molar-refractivity contribution in [2.24, 2.45) is 0 Å². The van der Waals surface area contributed by atoms with Crippen LogP contribution in [0.1, 0.15) is 21.5 Å². The fraction of sp³-hybridized carbons (Fsp3) is 0.0769. The van der Waals surface area contributed by atoms with Gasteiger partial charge in [0, 0.05) is 17.4 Å². The first-order valence-electron chi connectivity index (χ1n) is 5.21. The molecule has 86 valence electrons. The standard InChI is InChI=1S/C13H13N3O/c1-8-6-7-16-13(15)11(8)12(17)9-4-2-3-5-10(9)14/h2-7H,14H2,1H3,(H2,15,16). The van der Waals surface area contributed by atoms with Crippen LogP contribution < -0.4 is 11.5 Å². The molecular weight excluding hydrogens is 214 g/mol. The number of carbonyl (C=O) groups excluding carboxylic acids is 1. The molecule has 4 nitrogen and oxygen atoms in total. The quantitative estimate of drug-likeness (QED) is 0.605. The second kappa shape index (κ2) is 4.25. The molecule has 2 rings (SSSR count). The molecule has 0 aliphatic carbocycles. The van der Waals surface area contributed by atoms with Gasteiger partial charge in [-0.05, 0) is 30.7 Å². The van der Waals surface area contributed by atoms with Gasteiger partial charge in [-0.2, -0.15) is 0 Å². The molecule has 0 fully saturated rings. The fourth-order valence-corrected chi connectivity index (χ4v) is 1.71. The van der Waals surface area contributed by atoms with Gasteiger partial charge in [0.25, 0.3) is 0 Å². The lowest BCUT2D eigenvalue weighted by Gasteiger charge is -2.08. The molecule has 0 spiro atoms. The van der Waals surface area contributed by atoms with Gasteiger partial charge in [0.05, 0.1) is 5.56 Å². The number of anilines is 2. The van der Waals surface area contributed by atoms with E-state index in [4.69, 9.17) is 11.5 Å². The van der Waals surface area contributed by atoms with Crippen molar-refractivity contribution in [3.05, 3.63) is 53.2 Å². The predicted molar refractivity (Wildman–Crippen MR) is 67.7 cm³/mol. The van der Waals surface area contributed by atoms with Crippen LogP contribution in [0, 0.1) is 6.92 Å². The zero-order chi connectivity index (χ0) is 12.4. The summed E-state index contributed by atoms with van der Waals surface area (Å²) in [5.74, 6) is 0.0458. The van der Waals surface area contributed by atoms with Gasteiger partial charge in [0.15, 0.2) is 5.78 Å². The molecule has 17 heavy (non-hydrogen) atoms. The lowest BCUT2D eigenvalue weighted by Crippen LogP contribution is -2.11. The highest BCUT2D eigenvalue weighted by molar-refractivity contribution is 6.15. The number of para-hydroxylation sites is 1. The SMILES string of the molecule is Cc1ccnc(N)c1C(=O)c1ccccc1N. The molecule has 1 aromatic carbocycles. The van der Waals surface area contributed by atoms with E-state index >= 15 is 0 Å². The summed E-state index contributed by atoms with van der Waals surface area (Å²) in [7, 11) is 0. The Balaban J connectivity index is 2.56. The molecule has 0 saturated carbocycles. The third kappa shape index (κ3) is 1.97. The summed E-state index contributed by atoms with van der Waals surface area (Å²) in [5.41, 5.74) is 13.6. The van der Waals surface area contributed by atoms with Crippen molar-refractivity contribution in [1.29, 1.82) is 0 Å². The number of hydrogen-bond donors (Lipinski definition) is 2. The van der Waals surface area contributed by atoms with Gasteiger partial charge < -0.3 is 11.5 Å². The molecule has 1 aromatic heterocycles. The minimum Gasteiger partial charge on any atom is -0.398 e. The van der Waals surface area contributed by atoms with Crippen LogP contribution >= 0.6 is 0 Å². The molecule has 1 heterocycles. The van der Waals surface area contributed by atoms with Crippen molar-refractivity contribution in [3.63, 3.8) is 0 Å². The zero-order valence-corrected chi connectivity index (χ0v) is 9.47. The van der Waals surface area contributed by atoms with Crippen LogP contribution in [-0.2, 0) is 0 Å². The molecular formula is C13H13N3O. The molecule has 0 unspecified atom stereocenters. The average molecular weight is 227 g/mol. The van der Waals surface area contributed by atoms with E-state index in [0.717, 1.165) is 5.56 Å². The first-order valence-corrected chi connectivity index (χ1v) is 5.21. The minimum absolute atomic E-state index is 0.189. The van der Waals surface area contributed by atoms with Crippen molar-refractivity contribution < 1.29 is 4.79 Å². The van der Waals surface area contributed by atoms with Gasteiger partial charge in [0.2, 0.25) is 0 Å². The van der Waals surface area contributed by atoms with Gasteiger partial charge >= 0.3 is 0 Å². The van der Waals surface area contributed by atoms with Crippen LogP contribution in [0.4, 0.5) is 11.5 Å². The van der Waals surface area contributed by atoms with E-state index in [1.165, 1.54) is 0 Å². The number of nitrogens with zero attached hydrogens (tertiary/aromatic N) is 1. The number of ketones is 1. The summed E-state index contributed by atoms with van der Waals surface area (Å²) in [6.07, 6.45) is 1.58. The molecule has 0 aliphatic rings. The third-order valence-corrected chi connectivity index (χ3v) is 2.62. The van der Waals surface area contributed by atoms with Gasteiger partial charge in [-0.15, -0.1) is 0 Å². The van der Waals surface area contributed by atoms with Crippen molar-refractivity contribution in [3.8, 4) is 0 Å². The minimum atomic E-state index is -0.189. The van der Waals surface area contributed by atoms with Crippen molar-refractivity contribution >= 4 is 17.3 Å². The second-order valence-electron chi connectivity index (χ2n) is 3.80. The number of nitrogen functional groups attached to an aromatic ring is 2. The summed E-state index contributed by atoms with van der Waals surface area (Å²) < 4.78 is 0. The topological polar surface area (TPSA) is 82.0 Å². The molecule has 0 amide bonds. The molecule has 4 heteroatoms. The van der Waals surface area contributed by atoms with E-state index in [-0.39, 0.29) is 11.6 Å². The summed E-state index contributed by atoms with van der Waals surface area (Å²) in [5, 5.41) is 0. The predicted octanol–water partition coefficient (Wildman–Crippen LogP) is 1.79. The fourth-order valence-electron chi connectivity index (χ4n) is 1.71. The third-order valence-electron chi connectivity index (χ3n) is 2.62. The largest absolute Gasteiger partial charge is 0.398 e. The lowest BCUT2D eigenvalue weighted by molar-refractivity contribution is 0.103. The number of aromatic nitrogens is 1. The molecule has 2 aromatic rings. The molecule has 0 radical (unpaired) electrons. The molecule has 0 saturated heterocycles. The molecule has 0 aliphatic heterocycles. The molecule has 0 atom stereocenters. The summed E-state index contributed by atoms with van der Waals surface area (Å²) in [6.45, 7) is 1.82. The highest BCUT2D eigenvalue weighted by Crippen LogP contribution is 2.21. The number of aryl methyl sites for hydroxylation is 1. The summed E-state index contributed by atoms with van der Waals surface area (Å²) >= 11 is 0. The maximum Gasteiger partial charge on any atom is 0.199 e. The van der Waals surface area contributed by atoms with Crippen LogP contribution in [0.3, 0.4) is 0 Å². The highest BCUT2D eigenvalue weighted by atomic mass is 16.1. The Bertz CT molecular complexity index is 558. The summed E-state index contributed by atoms with van der Waals surface area (Å²) in [6, 6.07) is 8.68. The first kappa shape index (κ1) is 11.1. The zero-order valence-electron chi connectivity index (χ0n) is 9.47. The number of carbonyl (C=O) groups is 1. The lowest BCUT2D eigenvalue weighted by atomic mass is 9.99. The normalized spacial score (nSPS) is 10.2. The Kier molecular flexibility index (Phi) is 2.78. The molecule has 0 bridgehead atoms. The van der Waals surface area contributed by atoms with E-state index in [1.807, 2.05) is 6.92 Å². The maximum absolute atomic E-state index is 12.3. The van der Waals surface area contributed by atoms with Crippen molar-refractivity contribution in [1.82, 2.24) is 4.98 Å². The number of rotatable bonds is 2. The monoisotopic (exact) mass is 227 g/mol. The van der Waals surface area contributed by atoms with Crippen LogP contribution in [0.5, 0.6) is 0 Å². The molecule has 4 N–H and O–H groups in total. The average Bonchev–Trinajstić information content (AvgIpc) is 2.29. The van der Waals surface area contributed by atoms with Gasteiger partial charge in [-0.3, -0.25) is 4.79 Å². The Hall–Kier alpha value is -2.36. The van der Waals surface area contributed by atoms with Crippen LogP contribution in [0.25, 0.3) is 0 Å². The van der Waals surface area contributed by atoms with E-state index in [1.54, 1.807) is 36.5 Å². The van der Waals surface area contributed by atoms with Crippen LogP contribution in [0.15, 0.2) is 36.5 Å². The Morgan fingerprint density at radius 1 is 1.18 bits per heavy atom. The second-order valence-corrected chi connectivity index (χ2v) is 3.80. The van der Waals surface area contributed by atoms with Gasteiger partial charge in [-0.1, -0.05) is 12.1 Å². The van der Waals surface area contributed by atoms with Crippen LogP contribution in [0.2, 0.25) is 0 Å². The van der Waals surface area contributed by atoms with Gasteiger partial charge in [-0.25, -0.2) is 4.98 Å². The van der Waals surface area contributed by atoms with E-state index in [2.05, 4.69) is 4.98 Å². The number of nitrogens with two attached hydrogens (primary N) is 2. The number of pyridine rings is 1. The van der Waals surface area contributed by atoms with Crippen molar-refractivity contribution in [2.45, 2.75) is 6.92 Å². The summed E-state index contributed by atoms with van der Waals surface area (Å²) in [4.78, 5) is 16.2. The smallest absolute Gasteiger partial charge is 0.199 e. The van der Waals surface area contributed by atoms with Gasteiger partial charge in [0.1, 0.15) is 5.82 Å². The van der Waals surface area contributed by atoms with E-state index in [0.29, 0.717) is 16.8 Å². The highest BCUT2D eigenvalue weighted by Gasteiger charge is 2.17. The van der Waals surface area contributed by atoms with E-state index in [9.17, 15) is 4.79 Å². The number of hydrogen-bond acceptors (Lipinski definition) is 4. The van der Waals surface area contributed by atoms with Crippen LogP contribution in [-0.4, -0.2) is 10.8 Å². The first-order chi connectivity index (χ1) is 8.11. The Morgan fingerprint density at radius 3 is 2.53 bits per heavy atom. The number of benzene rings is 1. The Labute approximate surface area is 99.3 Å². The Morgan fingerprint density at radius 2 is 1.88 bits per heavy atom.